The number of carbonyl (C=O) groups is 1. The molecule has 27 heavy (non-hydrogen) atoms. The molecule has 0 spiro atoms. The van der Waals surface area contributed by atoms with Crippen molar-refractivity contribution < 1.29 is 13.7 Å². The Morgan fingerprint density at radius 2 is 2.15 bits per heavy atom. The molecule has 3 aromatic heterocycles. The van der Waals surface area contributed by atoms with E-state index in [9.17, 15) is 4.79 Å². The molecule has 1 atom stereocenters. The number of pyridine rings is 1. The summed E-state index contributed by atoms with van der Waals surface area (Å²) in [7, 11) is 0. The van der Waals surface area contributed by atoms with Gasteiger partial charge in [-0.05, 0) is 52.3 Å². The van der Waals surface area contributed by atoms with Crippen molar-refractivity contribution in [1.29, 1.82) is 0 Å². The fourth-order valence-corrected chi connectivity index (χ4v) is 3.54. The van der Waals surface area contributed by atoms with Gasteiger partial charge < -0.3 is 19.6 Å². The molecule has 0 bridgehead atoms. The lowest BCUT2D eigenvalue weighted by Crippen LogP contribution is -2.37. The Kier molecular flexibility index (Phi) is 5.53. The Labute approximate surface area is 163 Å². The molecular formula is C19H23ClN4O3. The van der Waals surface area contributed by atoms with E-state index < -0.39 is 0 Å². The quantitative estimate of drug-likeness (QED) is 0.709. The van der Waals surface area contributed by atoms with Gasteiger partial charge in [0.05, 0.1) is 22.3 Å². The zero-order valence-corrected chi connectivity index (χ0v) is 16.4. The van der Waals surface area contributed by atoms with Crippen molar-refractivity contribution >= 4 is 29.4 Å². The summed E-state index contributed by atoms with van der Waals surface area (Å²) in [6, 6.07) is 4.04. The summed E-state index contributed by atoms with van der Waals surface area (Å²) in [6.07, 6.45) is 2.23. The molecule has 1 fully saturated rings. The van der Waals surface area contributed by atoms with Crippen LogP contribution in [0.4, 0.5) is 0 Å². The monoisotopic (exact) mass is 390 g/mol. The van der Waals surface area contributed by atoms with E-state index in [-0.39, 0.29) is 18.3 Å². The average molecular weight is 391 g/mol. The number of hydrogen-bond donors (Lipinski definition) is 2. The lowest BCUT2D eigenvalue weighted by Gasteiger charge is -2.12. The summed E-state index contributed by atoms with van der Waals surface area (Å²) in [5.74, 6) is 1.41. The molecule has 0 radical (unpaired) electrons. The van der Waals surface area contributed by atoms with Crippen LogP contribution >= 0.6 is 12.4 Å². The van der Waals surface area contributed by atoms with Gasteiger partial charge in [0, 0.05) is 18.2 Å². The predicted molar refractivity (Wildman–Crippen MR) is 104 cm³/mol. The van der Waals surface area contributed by atoms with Crippen LogP contribution in [0.3, 0.4) is 0 Å². The minimum atomic E-state index is -0.142. The zero-order chi connectivity index (χ0) is 18.3. The molecule has 1 amide bonds. The molecule has 0 aromatic carbocycles. The number of rotatable bonds is 4. The highest BCUT2D eigenvalue weighted by Gasteiger charge is 2.22. The molecule has 1 aliphatic rings. The van der Waals surface area contributed by atoms with Gasteiger partial charge in [-0.25, -0.2) is 4.98 Å². The summed E-state index contributed by atoms with van der Waals surface area (Å²) in [6.45, 7) is 7.19. The Balaban J connectivity index is 0.00000210. The fourth-order valence-electron chi connectivity index (χ4n) is 3.54. The summed E-state index contributed by atoms with van der Waals surface area (Å²) in [4.78, 5) is 17.4. The number of hydrogen-bond acceptors (Lipinski definition) is 6. The van der Waals surface area contributed by atoms with Crippen LogP contribution < -0.4 is 10.6 Å². The van der Waals surface area contributed by atoms with Gasteiger partial charge >= 0.3 is 0 Å². The largest absolute Gasteiger partial charge is 0.466 e. The Morgan fingerprint density at radius 1 is 1.33 bits per heavy atom. The number of nitrogens with one attached hydrogen (secondary N) is 2. The Morgan fingerprint density at radius 3 is 2.81 bits per heavy atom. The smallest absolute Gasteiger partial charge is 0.259 e. The van der Waals surface area contributed by atoms with Gasteiger partial charge in [0.25, 0.3) is 11.6 Å². The molecule has 4 heterocycles. The third kappa shape index (κ3) is 3.70. The molecule has 0 saturated carbocycles. The van der Waals surface area contributed by atoms with Crippen molar-refractivity contribution in [2.75, 3.05) is 13.1 Å². The summed E-state index contributed by atoms with van der Waals surface area (Å²) < 4.78 is 10.9. The second-order valence-corrected chi connectivity index (χ2v) is 6.83. The van der Waals surface area contributed by atoms with Crippen molar-refractivity contribution in [2.45, 2.75) is 39.7 Å². The first kappa shape index (κ1) is 19.4. The predicted octanol–water partition coefficient (Wildman–Crippen LogP) is 3.31. The lowest BCUT2D eigenvalue weighted by molar-refractivity contribution is 0.0952. The van der Waals surface area contributed by atoms with E-state index in [1.807, 2.05) is 26.8 Å². The maximum Gasteiger partial charge on any atom is 0.259 e. The first-order valence-electron chi connectivity index (χ1n) is 8.89. The molecule has 2 N–H and O–H groups in total. The number of amides is 1. The highest BCUT2D eigenvalue weighted by molar-refractivity contribution is 6.07. The van der Waals surface area contributed by atoms with E-state index >= 15 is 0 Å². The molecule has 144 valence electrons. The van der Waals surface area contributed by atoms with Crippen molar-refractivity contribution in [3.8, 4) is 11.3 Å². The van der Waals surface area contributed by atoms with E-state index in [1.54, 1.807) is 6.07 Å². The average Bonchev–Trinajstić information content (AvgIpc) is 3.33. The number of nitrogens with zero attached hydrogens (tertiary/aromatic N) is 2. The molecule has 0 aliphatic carbocycles. The molecule has 4 rings (SSSR count). The number of carbonyl (C=O) groups excluding carboxylic acids is 1. The number of fused-ring (bicyclic) bond motifs is 1. The van der Waals surface area contributed by atoms with Gasteiger partial charge in [0.15, 0.2) is 0 Å². The lowest BCUT2D eigenvalue weighted by atomic mass is 10.1. The van der Waals surface area contributed by atoms with Gasteiger partial charge in [0.2, 0.25) is 0 Å². The van der Waals surface area contributed by atoms with Crippen molar-refractivity contribution in [1.82, 2.24) is 20.8 Å². The summed E-state index contributed by atoms with van der Waals surface area (Å²) >= 11 is 0. The number of furan rings is 1. The molecule has 7 nitrogen and oxygen atoms in total. The van der Waals surface area contributed by atoms with Crippen molar-refractivity contribution in [3.63, 3.8) is 0 Å². The first-order chi connectivity index (χ1) is 12.5. The normalized spacial score (nSPS) is 16.5. The number of aryl methyl sites for hydroxylation is 3. The Bertz CT molecular complexity index is 973. The van der Waals surface area contributed by atoms with E-state index in [0.717, 1.165) is 36.5 Å². The molecule has 8 heteroatoms. The molecule has 1 unspecified atom stereocenters. The third-order valence-corrected chi connectivity index (χ3v) is 4.85. The second-order valence-electron chi connectivity index (χ2n) is 6.83. The van der Waals surface area contributed by atoms with Crippen LogP contribution in [0.1, 0.15) is 40.4 Å². The van der Waals surface area contributed by atoms with Crippen LogP contribution in [0, 0.1) is 20.8 Å². The van der Waals surface area contributed by atoms with E-state index in [2.05, 4.69) is 20.8 Å². The van der Waals surface area contributed by atoms with Gasteiger partial charge in [-0.15, -0.1) is 12.4 Å². The second kappa shape index (κ2) is 7.70. The van der Waals surface area contributed by atoms with E-state index in [4.69, 9.17) is 8.94 Å². The Hall–Kier alpha value is -2.38. The van der Waals surface area contributed by atoms with Crippen molar-refractivity contribution in [2.24, 2.45) is 0 Å². The van der Waals surface area contributed by atoms with E-state index in [1.165, 1.54) is 0 Å². The fraction of sp³-hybridized carbons (Fsp3) is 0.421. The van der Waals surface area contributed by atoms with Crippen LogP contribution in [-0.4, -0.2) is 35.2 Å². The van der Waals surface area contributed by atoms with E-state index in [0.29, 0.717) is 40.6 Å². The number of aromatic nitrogens is 2. The topological polar surface area (TPSA) is 93.2 Å². The third-order valence-electron chi connectivity index (χ3n) is 4.85. The van der Waals surface area contributed by atoms with Crippen molar-refractivity contribution in [3.05, 3.63) is 34.9 Å². The minimum Gasteiger partial charge on any atom is -0.466 e. The molecule has 1 saturated heterocycles. The first-order valence-corrected chi connectivity index (χ1v) is 8.89. The highest BCUT2D eigenvalue weighted by Crippen LogP contribution is 2.30. The summed E-state index contributed by atoms with van der Waals surface area (Å²) in [5.41, 5.74) is 3.04. The van der Waals surface area contributed by atoms with Gasteiger partial charge in [0.1, 0.15) is 11.5 Å². The number of halogens is 1. The van der Waals surface area contributed by atoms with Crippen LogP contribution in [0.15, 0.2) is 21.1 Å². The SMILES string of the molecule is Cc1cc(-c2cc(C(=O)NCC3CCCN3)c3c(C)noc3n2)c(C)o1.Cl. The zero-order valence-electron chi connectivity index (χ0n) is 15.6. The highest BCUT2D eigenvalue weighted by atomic mass is 35.5. The molecule has 3 aromatic rings. The summed E-state index contributed by atoms with van der Waals surface area (Å²) in [5, 5.41) is 11.1. The van der Waals surface area contributed by atoms with Gasteiger partial charge in [-0.3, -0.25) is 4.79 Å². The molecule has 1 aliphatic heterocycles. The van der Waals surface area contributed by atoms with Crippen LogP contribution in [-0.2, 0) is 0 Å². The van der Waals surface area contributed by atoms with Crippen LogP contribution in [0.2, 0.25) is 0 Å². The maximum atomic E-state index is 12.9. The van der Waals surface area contributed by atoms with Gasteiger partial charge in [-0.2, -0.15) is 0 Å². The van der Waals surface area contributed by atoms with Crippen LogP contribution in [0.5, 0.6) is 0 Å². The minimum absolute atomic E-state index is 0. The molecular weight excluding hydrogens is 368 g/mol. The van der Waals surface area contributed by atoms with Gasteiger partial charge in [-0.1, -0.05) is 5.16 Å². The standard InChI is InChI=1S/C19H22N4O3.ClH/c1-10-7-14(12(3)25-10)16-8-15(17-11(2)23-26-19(17)22-16)18(24)21-9-13-5-4-6-20-13;/h7-8,13,20H,4-6,9H2,1-3H3,(H,21,24);1H. The van der Waals surface area contributed by atoms with Crippen LogP contribution in [0.25, 0.3) is 22.4 Å². The maximum absolute atomic E-state index is 12.9.